The van der Waals surface area contributed by atoms with Crippen LogP contribution in [0.25, 0.3) is 0 Å². The minimum atomic E-state index is -3.41. The monoisotopic (exact) mass is 304 g/mol. The molecule has 1 aromatic carbocycles. The van der Waals surface area contributed by atoms with Crippen molar-refractivity contribution in [1.82, 2.24) is 10.0 Å². The molecule has 1 aromatic rings. The van der Waals surface area contributed by atoms with E-state index >= 15 is 0 Å². The highest BCUT2D eigenvalue weighted by molar-refractivity contribution is 9.10. The molecule has 1 aliphatic heterocycles. The average Bonchev–Trinajstić information content (AvgIpc) is 2.70. The number of sulfonamides is 1. The van der Waals surface area contributed by atoms with Crippen LogP contribution >= 0.6 is 15.9 Å². The Labute approximate surface area is 104 Å². The predicted molar refractivity (Wildman–Crippen MR) is 65.7 cm³/mol. The van der Waals surface area contributed by atoms with E-state index in [9.17, 15) is 8.42 Å². The predicted octanol–water partition coefficient (Wildman–Crippen LogP) is 1.09. The molecule has 1 atom stereocenters. The van der Waals surface area contributed by atoms with Crippen molar-refractivity contribution in [3.05, 3.63) is 28.7 Å². The Kier molecular flexibility index (Phi) is 3.63. The van der Waals surface area contributed by atoms with E-state index in [-0.39, 0.29) is 6.04 Å². The van der Waals surface area contributed by atoms with Gasteiger partial charge in [-0.25, -0.2) is 13.1 Å². The van der Waals surface area contributed by atoms with Gasteiger partial charge in [0.2, 0.25) is 10.0 Å². The van der Waals surface area contributed by atoms with Crippen molar-refractivity contribution in [3.8, 4) is 0 Å². The fourth-order valence-corrected chi connectivity index (χ4v) is 3.97. The van der Waals surface area contributed by atoms with Crippen molar-refractivity contribution in [3.63, 3.8) is 0 Å². The lowest BCUT2D eigenvalue weighted by Gasteiger charge is -2.12. The molecule has 1 heterocycles. The summed E-state index contributed by atoms with van der Waals surface area (Å²) in [7, 11) is -3.41. The molecule has 2 N–H and O–H groups in total. The molecule has 0 aliphatic carbocycles. The Balaban J connectivity index is 2.21. The van der Waals surface area contributed by atoms with Gasteiger partial charge in [-0.2, -0.15) is 0 Å². The first-order chi connectivity index (χ1) is 7.59. The second kappa shape index (κ2) is 4.83. The number of halogens is 1. The zero-order chi connectivity index (χ0) is 11.6. The summed E-state index contributed by atoms with van der Waals surface area (Å²) in [6.07, 6.45) is 0.837. The summed E-state index contributed by atoms with van der Waals surface area (Å²) in [5, 5.41) is 3.12. The molecule has 0 bridgehead atoms. The van der Waals surface area contributed by atoms with Crippen LogP contribution in [0.3, 0.4) is 0 Å². The normalized spacial score (nSPS) is 21.2. The fourth-order valence-electron chi connectivity index (χ4n) is 1.70. The summed E-state index contributed by atoms with van der Waals surface area (Å²) in [5.74, 6) is 0. The van der Waals surface area contributed by atoms with Gasteiger partial charge in [-0.1, -0.05) is 12.1 Å². The molecule has 1 saturated heterocycles. The van der Waals surface area contributed by atoms with Gasteiger partial charge >= 0.3 is 0 Å². The molecule has 1 aliphatic rings. The van der Waals surface area contributed by atoms with Crippen LogP contribution in [0.15, 0.2) is 33.6 Å². The number of benzene rings is 1. The van der Waals surface area contributed by atoms with Gasteiger partial charge in [0.1, 0.15) is 0 Å². The van der Waals surface area contributed by atoms with Gasteiger partial charge in [0, 0.05) is 17.1 Å². The van der Waals surface area contributed by atoms with Crippen LogP contribution < -0.4 is 10.0 Å². The Morgan fingerprint density at radius 2 is 2.12 bits per heavy atom. The van der Waals surface area contributed by atoms with Gasteiger partial charge in [0.15, 0.2) is 0 Å². The summed E-state index contributed by atoms with van der Waals surface area (Å²) in [5.41, 5.74) is 0. The Morgan fingerprint density at radius 1 is 1.38 bits per heavy atom. The van der Waals surface area contributed by atoms with Crippen LogP contribution in [0, 0.1) is 0 Å². The van der Waals surface area contributed by atoms with E-state index in [0.717, 1.165) is 13.0 Å². The molecule has 6 heteroatoms. The highest BCUT2D eigenvalue weighted by Crippen LogP contribution is 2.21. The SMILES string of the molecule is O=S(=O)(NC1CCNC1)c1ccccc1Br. The molecule has 0 amide bonds. The maximum Gasteiger partial charge on any atom is 0.241 e. The lowest BCUT2D eigenvalue weighted by Crippen LogP contribution is -2.36. The smallest absolute Gasteiger partial charge is 0.241 e. The molecule has 0 spiro atoms. The average molecular weight is 305 g/mol. The van der Waals surface area contributed by atoms with Gasteiger partial charge < -0.3 is 5.32 Å². The second-order valence-electron chi connectivity index (χ2n) is 3.74. The molecule has 88 valence electrons. The van der Waals surface area contributed by atoms with E-state index in [1.54, 1.807) is 24.3 Å². The highest BCUT2D eigenvalue weighted by Gasteiger charge is 2.23. The highest BCUT2D eigenvalue weighted by atomic mass is 79.9. The quantitative estimate of drug-likeness (QED) is 0.879. The van der Waals surface area contributed by atoms with Crippen molar-refractivity contribution >= 4 is 26.0 Å². The third-order valence-corrected chi connectivity index (χ3v) is 5.04. The van der Waals surface area contributed by atoms with E-state index in [1.165, 1.54) is 0 Å². The molecule has 1 fully saturated rings. The van der Waals surface area contributed by atoms with Gasteiger partial charge in [-0.3, -0.25) is 0 Å². The van der Waals surface area contributed by atoms with E-state index in [4.69, 9.17) is 0 Å². The summed E-state index contributed by atoms with van der Waals surface area (Å²) < 4.78 is 27.4. The largest absolute Gasteiger partial charge is 0.315 e. The van der Waals surface area contributed by atoms with Crippen molar-refractivity contribution < 1.29 is 8.42 Å². The van der Waals surface area contributed by atoms with E-state index in [2.05, 4.69) is 26.0 Å². The van der Waals surface area contributed by atoms with E-state index in [0.29, 0.717) is 15.9 Å². The van der Waals surface area contributed by atoms with Crippen LogP contribution in [-0.2, 0) is 10.0 Å². The van der Waals surface area contributed by atoms with Gasteiger partial charge in [0.05, 0.1) is 4.90 Å². The minimum absolute atomic E-state index is 0.00268. The van der Waals surface area contributed by atoms with Crippen LogP contribution in [0.4, 0.5) is 0 Å². The molecular formula is C10H13BrN2O2S. The first-order valence-electron chi connectivity index (χ1n) is 5.07. The minimum Gasteiger partial charge on any atom is -0.315 e. The maximum atomic E-state index is 12.0. The third kappa shape index (κ3) is 2.63. The zero-order valence-electron chi connectivity index (χ0n) is 8.61. The van der Waals surface area contributed by atoms with E-state index in [1.807, 2.05) is 0 Å². The maximum absolute atomic E-state index is 12.0. The molecular weight excluding hydrogens is 292 g/mol. The summed E-state index contributed by atoms with van der Waals surface area (Å²) >= 11 is 3.25. The number of hydrogen-bond acceptors (Lipinski definition) is 3. The van der Waals surface area contributed by atoms with Gasteiger partial charge in [0.25, 0.3) is 0 Å². The summed E-state index contributed by atoms with van der Waals surface area (Å²) in [6, 6.07) is 6.82. The molecule has 1 unspecified atom stereocenters. The Hall–Kier alpha value is -0.430. The standard InChI is InChI=1S/C10H13BrN2O2S/c11-9-3-1-2-4-10(9)16(14,15)13-8-5-6-12-7-8/h1-4,8,12-13H,5-7H2. The first kappa shape index (κ1) is 12.0. The van der Waals surface area contributed by atoms with Crippen LogP contribution in [0.5, 0.6) is 0 Å². The van der Waals surface area contributed by atoms with E-state index < -0.39 is 10.0 Å². The number of rotatable bonds is 3. The molecule has 0 saturated carbocycles. The zero-order valence-corrected chi connectivity index (χ0v) is 11.0. The molecule has 16 heavy (non-hydrogen) atoms. The molecule has 2 rings (SSSR count). The van der Waals surface area contributed by atoms with Crippen molar-refractivity contribution in [1.29, 1.82) is 0 Å². The number of nitrogens with one attached hydrogen (secondary N) is 2. The lowest BCUT2D eigenvalue weighted by molar-refractivity contribution is 0.559. The van der Waals surface area contributed by atoms with Gasteiger partial charge in [-0.05, 0) is 41.0 Å². The molecule has 0 radical (unpaired) electrons. The second-order valence-corrected chi connectivity index (χ2v) is 6.28. The number of hydrogen-bond donors (Lipinski definition) is 2. The topological polar surface area (TPSA) is 58.2 Å². The van der Waals surface area contributed by atoms with Crippen LogP contribution in [-0.4, -0.2) is 27.5 Å². The van der Waals surface area contributed by atoms with Crippen LogP contribution in [0.2, 0.25) is 0 Å². The van der Waals surface area contributed by atoms with Crippen molar-refractivity contribution in [2.45, 2.75) is 17.4 Å². The van der Waals surface area contributed by atoms with Crippen molar-refractivity contribution in [2.24, 2.45) is 0 Å². The lowest BCUT2D eigenvalue weighted by atomic mass is 10.3. The Morgan fingerprint density at radius 3 is 2.75 bits per heavy atom. The third-order valence-electron chi connectivity index (χ3n) is 2.51. The first-order valence-corrected chi connectivity index (χ1v) is 7.35. The van der Waals surface area contributed by atoms with Gasteiger partial charge in [-0.15, -0.1) is 0 Å². The van der Waals surface area contributed by atoms with Crippen LogP contribution in [0.1, 0.15) is 6.42 Å². The summed E-state index contributed by atoms with van der Waals surface area (Å²) in [4.78, 5) is 0.293. The Bertz CT molecular complexity index is 469. The molecule has 4 nitrogen and oxygen atoms in total. The summed E-state index contributed by atoms with van der Waals surface area (Å²) in [6.45, 7) is 1.56. The van der Waals surface area contributed by atoms with Crippen molar-refractivity contribution in [2.75, 3.05) is 13.1 Å². The molecule has 0 aromatic heterocycles. The fraction of sp³-hybridized carbons (Fsp3) is 0.400.